The third-order valence-corrected chi connectivity index (χ3v) is 3.85. The highest BCUT2D eigenvalue weighted by atomic mass is 32.2. The van der Waals surface area contributed by atoms with Gasteiger partial charge in [-0.3, -0.25) is 35.1 Å². The van der Waals surface area contributed by atoms with Crippen molar-refractivity contribution in [1.29, 1.82) is 0 Å². The minimum atomic E-state index is -0.821. The number of carbonyl (C=O) groups is 1. The van der Waals surface area contributed by atoms with Crippen LogP contribution in [0.3, 0.4) is 0 Å². The van der Waals surface area contributed by atoms with Gasteiger partial charge in [-0.2, -0.15) is 0 Å². The van der Waals surface area contributed by atoms with Crippen LogP contribution in [-0.4, -0.2) is 19.9 Å². The topological polar surface area (TPSA) is 146 Å². The highest BCUT2D eigenvalue weighted by Gasteiger charge is 2.22. The largest absolute Gasteiger partial charge is 0.290 e. The van der Waals surface area contributed by atoms with Gasteiger partial charge in [0.2, 0.25) is 5.12 Å². The SMILES string of the molecule is O=C(Sc1ccc([N+](=O)[O-])cc1[N+](=O)[O-])c1ccc([N+](=O)[O-])cc1. The van der Waals surface area contributed by atoms with E-state index in [9.17, 15) is 35.1 Å². The molecule has 0 aromatic heterocycles. The number of rotatable bonds is 5. The van der Waals surface area contributed by atoms with E-state index in [1.807, 2.05) is 0 Å². The van der Waals surface area contributed by atoms with E-state index in [0.717, 1.165) is 30.3 Å². The molecule has 0 bridgehead atoms. The molecule has 0 unspecified atom stereocenters. The number of thioether (sulfide) groups is 1. The van der Waals surface area contributed by atoms with Gasteiger partial charge in [0.05, 0.1) is 25.7 Å². The fourth-order valence-electron chi connectivity index (χ4n) is 1.73. The minimum absolute atomic E-state index is 0.0612. The summed E-state index contributed by atoms with van der Waals surface area (Å²) < 4.78 is 0. The molecule has 0 aliphatic rings. The fraction of sp³-hybridized carbons (Fsp3) is 0. The van der Waals surface area contributed by atoms with Crippen LogP contribution in [0.4, 0.5) is 17.1 Å². The van der Waals surface area contributed by atoms with Crippen LogP contribution in [0.2, 0.25) is 0 Å². The third kappa shape index (κ3) is 3.70. The highest BCUT2D eigenvalue weighted by Crippen LogP contribution is 2.34. The van der Waals surface area contributed by atoms with Gasteiger partial charge < -0.3 is 0 Å². The van der Waals surface area contributed by atoms with E-state index < -0.39 is 31.3 Å². The molecule has 0 spiro atoms. The second kappa shape index (κ2) is 6.83. The third-order valence-electron chi connectivity index (χ3n) is 2.87. The first-order valence-corrected chi connectivity index (χ1v) is 7.00. The Hall–Kier alpha value is -3.34. The van der Waals surface area contributed by atoms with Gasteiger partial charge in [0.15, 0.2) is 0 Å². The maximum Gasteiger partial charge on any atom is 0.290 e. The van der Waals surface area contributed by atoms with E-state index in [0.29, 0.717) is 11.8 Å². The van der Waals surface area contributed by atoms with Crippen molar-refractivity contribution in [3.05, 3.63) is 78.4 Å². The lowest BCUT2D eigenvalue weighted by Gasteiger charge is -2.02. The standard InChI is InChI=1S/C13H7N3O7S/c17-13(8-1-3-9(4-2-8)14(18)19)24-12-6-5-10(15(20)21)7-11(12)16(22)23/h1-7H. The first-order valence-electron chi connectivity index (χ1n) is 6.19. The molecule has 0 aliphatic carbocycles. The summed E-state index contributed by atoms with van der Waals surface area (Å²) in [5.41, 5.74) is -1.12. The molecule has 0 radical (unpaired) electrons. The molecule has 11 heteroatoms. The second-order valence-corrected chi connectivity index (χ2v) is 5.37. The number of non-ortho nitro benzene ring substituents is 2. The molecular formula is C13H7N3O7S. The van der Waals surface area contributed by atoms with Gasteiger partial charge in [-0.05, 0) is 30.0 Å². The molecule has 0 fully saturated rings. The van der Waals surface area contributed by atoms with Gasteiger partial charge in [-0.15, -0.1) is 0 Å². The summed E-state index contributed by atoms with van der Waals surface area (Å²) in [4.78, 5) is 42.1. The van der Waals surface area contributed by atoms with E-state index in [1.54, 1.807) is 0 Å². The van der Waals surface area contributed by atoms with Crippen LogP contribution in [0.5, 0.6) is 0 Å². The molecule has 0 N–H and O–H groups in total. The molecule has 122 valence electrons. The fourth-order valence-corrected chi connectivity index (χ4v) is 2.55. The average molecular weight is 349 g/mol. The Balaban J connectivity index is 2.29. The first kappa shape index (κ1) is 17.0. The molecular weight excluding hydrogens is 342 g/mol. The summed E-state index contributed by atoms with van der Waals surface area (Å²) in [6.45, 7) is 0. The Morgan fingerprint density at radius 3 is 1.83 bits per heavy atom. The van der Waals surface area contributed by atoms with Crippen molar-refractivity contribution in [1.82, 2.24) is 0 Å². The van der Waals surface area contributed by atoms with Crippen molar-refractivity contribution in [3.8, 4) is 0 Å². The lowest BCUT2D eigenvalue weighted by atomic mass is 10.2. The maximum absolute atomic E-state index is 12.1. The Labute approximate surface area is 137 Å². The molecule has 0 atom stereocenters. The number of benzene rings is 2. The summed E-state index contributed by atoms with van der Waals surface area (Å²) in [5.74, 6) is 0. The van der Waals surface area contributed by atoms with Gasteiger partial charge in [0.1, 0.15) is 0 Å². The van der Waals surface area contributed by atoms with E-state index in [2.05, 4.69) is 0 Å². The van der Waals surface area contributed by atoms with Gasteiger partial charge >= 0.3 is 0 Å². The number of carbonyl (C=O) groups excluding carboxylic acids is 1. The van der Waals surface area contributed by atoms with Crippen molar-refractivity contribution in [2.24, 2.45) is 0 Å². The van der Waals surface area contributed by atoms with Gasteiger partial charge in [-0.25, -0.2) is 0 Å². The monoisotopic (exact) mass is 349 g/mol. The van der Waals surface area contributed by atoms with Crippen LogP contribution in [-0.2, 0) is 0 Å². The summed E-state index contributed by atoms with van der Waals surface area (Å²) in [6, 6.07) is 7.67. The number of nitro benzene ring substituents is 3. The van der Waals surface area contributed by atoms with Crippen LogP contribution < -0.4 is 0 Å². The zero-order valence-electron chi connectivity index (χ0n) is 11.6. The summed E-state index contributed by atoms with van der Waals surface area (Å²) in [5, 5.41) is 31.7. The molecule has 24 heavy (non-hydrogen) atoms. The molecule has 2 rings (SSSR count). The predicted molar refractivity (Wildman–Crippen MR) is 83.0 cm³/mol. The van der Waals surface area contributed by atoms with Gasteiger partial charge in [0.25, 0.3) is 17.1 Å². The van der Waals surface area contributed by atoms with E-state index in [1.165, 1.54) is 12.1 Å². The molecule has 0 amide bonds. The zero-order valence-corrected chi connectivity index (χ0v) is 12.5. The van der Waals surface area contributed by atoms with Crippen LogP contribution in [0.1, 0.15) is 10.4 Å². The van der Waals surface area contributed by atoms with Crippen LogP contribution >= 0.6 is 11.8 Å². The molecule has 10 nitrogen and oxygen atoms in total. The molecule has 0 aliphatic heterocycles. The van der Waals surface area contributed by atoms with Gasteiger partial charge in [-0.1, -0.05) is 0 Å². The number of nitrogens with zero attached hydrogens (tertiary/aromatic N) is 3. The Kier molecular flexibility index (Phi) is 4.84. The highest BCUT2D eigenvalue weighted by molar-refractivity contribution is 8.14. The number of hydrogen-bond acceptors (Lipinski definition) is 8. The quantitative estimate of drug-likeness (QED) is 0.453. The lowest BCUT2D eigenvalue weighted by molar-refractivity contribution is -0.396. The molecule has 0 saturated carbocycles. The molecule has 0 heterocycles. The summed E-state index contributed by atoms with van der Waals surface area (Å²) in [6.07, 6.45) is 0. The van der Waals surface area contributed by atoms with Crippen molar-refractivity contribution in [2.75, 3.05) is 0 Å². The molecule has 2 aromatic rings. The van der Waals surface area contributed by atoms with E-state index in [-0.39, 0.29) is 16.1 Å². The van der Waals surface area contributed by atoms with E-state index >= 15 is 0 Å². The average Bonchev–Trinajstić information content (AvgIpc) is 2.54. The Bertz CT molecular complexity index is 851. The van der Waals surface area contributed by atoms with Crippen molar-refractivity contribution in [2.45, 2.75) is 4.90 Å². The van der Waals surface area contributed by atoms with Crippen LogP contribution in [0.25, 0.3) is 0 Å². The minimum Gasteiger partial charge on any atom is -0.281 e. The normalized spacial score (nSPS) is 10.2. The maximum atomic E-state index is 12.1. The lowest BCUT2D eigenvalue weighted by Crippen LogP contribution is -1.98. The predicted octanol–water partition coefficient (Wildman–Crippen LogP) is 3.34. The van der Waals surface area contributed by atoms with Gasteiger partial charge in [0, 0.05) is 23.8 Å². The Morgan fingerprint density at radius 1 is 0.792 bits per heavy atom. The zero-order chi connectivity index (χ0) is 17.9. The smallest absolute Gasteiger partial charge is 0.281 e. The number of hydrogen-bond donors (Lipinski definition) is 0. The van der Waals surface area contributed by atoms with Crippen LogP contribution in [0, 0.1) is 30.3 Å². The van der Waals surface area contributed by atoms with Crippen molar-refractivity contribution in [3.63, 3.8) is 0 Å². The molecule has 0 saturated heterocycles. The molecule has 2 aromatic carbocycles. The van der Waals surface area contributed by atoms with E-state index in [4.69, 9.17) is 0 Å². The first-order chi connectivity index (χ1) is 11.3. The van der Waals surface area contributed by atoms with Crippen LogP contribution in [0.15, 0.2) is 47.4 Å². The summed E-state index contributed by atoms with van der Waals surface area (Å²) in [7, 11) is 0. The summed E-state index contributed by atoms with van der Waals surface area (Å²) >= 11 is 0.513. The second-order valence-electron chi connectivity index (χ2n) is 4.36. The Morgan fingerprint density at radius 2 is 1.33 bits per heavy atom. The van der Waals surface area contributed by atoms with Crippen molar-refractivity contribution < 1.29 is 19.6 Å². The van der Waals surface area contributed by atoms with Crippen molar-refractivity contribution >= 4 is 33.9 Å². The number of nitro groups is 3.